The molecule has 1 heterocycles. The minimum Gasteiger partial charge on any atom is -0.452 e. The van der Waals surface area contributed by atoms with E-state index in [1.807, 2.05) is 24.3 Å². The summed E-state index contributed by atoms with van der Waals surface area (Å²) in [6.07, 6.45) is 6.87. The summed E-state index contributed by atoms with van der Waals surface area (Å²) in [6, 6.07) is 7.71. The molecular formula is C16H17BrO2. The van der Waals surface area contributed by atoms with Crippen LogP contribution in [0.1, 0.15) is 49.1 Å². The number of benzene rings is 1. The van der Waals surface area contributed by atoms with Gasteiger partial charge in [0.05, 0.1) is 4.47 Å². The summed E-state index contributed by atoms with van der Waals surface area (Å²) in [6.45, 7) is 0. The first-order valence-electron chi connectivity index (χ1n) is 6.95. The highest BCUT2D eigenvalue weighted by Gasteiger charge is 2.19. The molecule has 0 aliphatic heterocycles. The van der Waals surface area contributed by atoms with Crippen LogP contribution >= 0.6 is 15.9 Å². The topological polar surface area (TPSA) is 30.2 Å². The maximum Gasteiger partial charge on any atom is 0.198 e. The van der Waals surface area contributed by atoms with E-state index in [1.165, 1.54) is 25.7 Å². The van der Waals surface area contributed by atoms with Crippen LogP contribution in [0.5, 0.6) is 0 Å². The lowest BCUT2D eigenvalue weighted by molar-refractivity contribution is 0.0949. The molecule has 0 N–H and O–H groups in total. The van der Waals surface area contributed by atoms with Gasteiger partial charge in [-0.1, -0.05) is 37.8 Å². The molecule has 100 valence electrons. The first kappa shape index (κ1) is 12.9. The average Bonchev–Trinajstić information content (AvgIpc) is 3.05. The van der Waals surface area contributed by atoms with Crippen LogP contribution in [0, 0.1) is 5.92 Å². The highest BCUT2D eigenvalue weighted by Crippen LogP contribution is 2.31. The second-order valence-electron chi connectivity index (χ2n) is 5.38. The Morgan fingerprint density at radius 2 is 2.11 bits per heavy atom. The molecule has 2 nitrogen and oxygen atoms in total. The number of ketones is 1. The third kappa shape index (κ3) is 2.76. The van der Waals surface area contributed by atoms with E-state index < -0.39 is 0 Å². The predicted octanol–water partition coefficient (Wildman–Crippen LogP) is 5.35. The molecule has 1 saturated carbocycles. The van der Waals surface area contributed by atoms with Crippen LogP contribution in [0.2, 0.25) is 0 Å². The smallest absolute Gasteiger partial charge is 0.198 e. The molecule has 3 heteroatoms. The average molecular weight is 321 g/mol. The Bertz CT molecular complexity index is 594. The van der Waals surface area contributed by atoms with E-state index in [-0.39, 0.29) is 5.78 Å². The van der Waals surface area contributed by atoms with Gasteiger partial charge in [-0.3, -0.25) is 4.79 Å². The van der Waals surface area contributed by atoms with Gasteiger partial charge in [-0.2, -0.15) is 0 Å². The Hall–Kier alpha value is -1.09. The molecule has 3 rings (SSSR count). The molecule has 0 amide bonds. The van der Waals surface area contributed by atoms with Crippen LogP contribution < -0.4 is 0 Å². The second kappa shape index (κ2) is 5.49. The largest absolute Gasteiger partial charge is 0.452 e. The van der Waals surface area contributed by atoms with Gasteiger partial charge in [0.15, 0.2) is 11.5 Å². The number of hydrogen-bond donors (Lipinski definition) is 0. The predicted molar refractivity (Wildman–Crippen MR) is 79.4 cm³/mol. The van der Waals surface area contributed by atoms with Gasteiger partial charge in [-0.15, -0.1) is 0 Å². The number of rotatable bonds is 4. The molecule has 1 aromatic heterocycles. The number of furan rings is 1. The highest BCUT2D eigenvalue weighted by atomic mass is 79.9. The van der Waals surface area contributed by atoms with E-state index in [2.05, 4.69) is 15.9 Å². The number of carbonyl (C=O) groups excluding carboxylic acids is 1. The lowest BCUT2D eigenvalue weighted by Gasteiger charge is -2.06. The molecule has 0 unspecified atom stereocenters. The van der Waals surface area contributed by atoms with Crippen LogP contribution in [0.3, 0.4) is 0 Å². The Kier molecular flexibility index (Phi) is 3.74. The van der Waals surface area contributed by atoms with E-state index in [4.69, 9.17) is 4.42 Å². The second-order valence-corrected chi connectivity index (χ2v) is 6.24. The van der Waals surface area contributed by atoms with E-state index in [1.54, 1.807) is 0 Å². The first-order chi connectivity index (χ1) is 9.24. The number of Topliss-reactive ketones (excluding diaryl/α,β-unsaturated/α-hetero) is 1. The zero-order valence-corrected chi connectivity index (χ0v) is 12.4. The molecule has 1 fully saturated rings. The van der Waals surface area contributed by atoms with Crippen molar-refractivity contribution in [1.82, 2.24) is 0 Å². The molecule has 0 atom stereocenters. The lowest BCUT2D eigenvalue weighted by Crippen LogP contribution is -2.01. The standard InChI is InChI=1S/C16H17BrO2/c17-13-7-3-6-12-10-15(19-16(12)13)14(18)9-8-11-4-1-2-5-11/h3,6-7,10-11H,1-2,4-5,8-9H2. The SMILES string of the molecule is O=C(CCC1CCCC1)c1cc2cccc(Br)c2o1. The van der Waals surface area contributed by atoms with Gasteiger partial charge >= 0.3 is 0 Å². The first-order valence-corrected chi connectivity index (χ1v) is 7.74. The normalized spacial score (nSPS) is 16.3. The Balaban J connectivity index is 1.72. The van der Waals surface area contributed by atoms with Crippen LogP contribution in [0.4, 0.5) is 0 Å². The maximum absolute atomic E-state index is 12.2. The lowest BCUT2D eigenvalue weighted by atomic mass is 9.99. The van der Waals surface area contributed by atoms with Crippen LogP contribution in [0.15, 0.2) is 33.2 Å². The number of para-hydroxylation sites is 1. The van der Waals surface area contributed by atoms with E-state index in [0.29, 0.717) is 12.2 Å². The van der Waals surface area contributed by atoms with E-state index in [0.717, 1.165) is 27.8 Å². The fraction of sp³-hybridized carbons (Fsp3) is 0.438. The van der Waals surface area contributed by atoms with Gasteiger partial charge in [0, 0.05) is 11.8 Å². The van der Waals surface area contributed by atoms with E-state index in [9.17, 15) is 4.79 Å². The molecule has 0 bridgehead atoms. The Morgan fingerprint density at radius 1 is 1.32 bits per heavy atom. The van der Waals surface area contributed by atoms with Gasteiger partial charge in [-0.25, -0.2) is 0 Å². The van der Waals surface area contributed by atoms with Crippen molar-refractivity contribution in [1.29, 1.82) is 0 Å². The van der Waals surface area contributed by atoms with Crippen molar-refractivity contribution >= 4 is 32.7 Å². The van der Waals surface area contributed by atoms with E-state index >= 15 is 0 Å². The molecular weight excluding hydrogens is 304 g/mol. The van der Waals surface area contributed by atoms with Crippen LogP contribution in [-0.2, 0) is 0 Å². The van der Waals surface area contributed by atoms with Crippen molar-refractivity contribution in [3.63, 3.8) is 0 Å². The highest BCUT2D eigenvalue weighted by molar-refractivity contribution is 9.10. The summed E-state index contributed by atoms with van der Waals surface area (Å²) in [5.74, 6) is 1.38. The van der Waals surface area contributed by atoms with Crippen LogP contribution in [0.25, 0.3) is 11.0 Å². The molecule has 0 radical (unpaired) electrons. The summed E-state index contributed by atoms with van der Waals surface area (Å²) < 4.78 is 6.58. The van der Waals surface area contributed by atoms with Crippen molar-refractivity contribution in [2.75, 3.05) is 0 Å². The van der Waals surface area contributed by atoms with Gasteiger partial charge in [0.2, 0.25) is 0 Å². The van der Waals surface area contributed by atoms with Gasteiger partial charge < -0.3 is 4.42 Å². The monoisotopic (exact) mass is 320 g/mol. The Labute approximate surface area is 121 Å². The van der Waals surface area contributed by atoms with Gasteiger partial charge in [0.1, 0.15) is 5.58 Å². The third-order valence-electron chi connectivity index (χ3n) is 4.03. The molecule has 0 spiro atoms. The summed E-state index contributed by atoms with van der Waals surface area (Å²) in [4.78, 5) is 12.2. The van der Waals surface area contributed by atoms with Gasteiger partial charge in [-0.05, 0) is 40.4 Å². The van der Waals surface area contributed by atoms with Crippen molar-refractivity contribution in [3.8, 4) is 0 Å². The zero-order chi connectivity index (χ0) is 13.2. The minimum atomic E-state index is 0.134. The van der Waals surface area contributed by atoms with Crippen molar-refractivity contribution in [3.05, 3.63) is 34.5 Å². The Morgan fingerprint density at radius 3 is 2.84 bits per heavy atom. The minimum absolute atomic E-state index is 0.134. The van der Waals surface area contributed by atoms with Crippen molar-refractivity contribution in [2.24, 2.45) is 5.92 Å². The third-order valence-corrected chi connectivity index (χ3v) is 4.65. The molecule has 0 saturated heterocycles. The summed E-state index contributed by atoms with van der Waals surface area (Å²) >= 11 is 3.45. The van der Waals surface area contributed by atoms with Crippen molar-refractivity contribution in [2.45, 2.75) is 38.5 Å². The molecule has 1 aliphatic carbocycles. The summed E-state index contributed by atoms with van der Waals surface area (Å²) in [5.41, 5.74) is 0.770. The summed E-state index contributed by atoms with van der Waals surface area (Å²) in [7, 11) is 0. The molecule has 1 aromatic carbocycles. The number of halogens is 1. The molecule has 1 aliphatic rings. The maximum atomic E-state index is 12.2. The quantitative estimate of drug-likeness (QED) is 0.711. The fourth-order valence-electron chi connectivity index (χ4n) is 2.92. The number of fused-ring (bicyclic) bond motifs is 1. The number of carbonyl (C=O) groups is 1. The molecule has 2 aromatic rings. The summed E-state index contributed by atoms with van der Waals surface area (Å²) in [5, 5.41) is 0.985. The zero-order valence-electron chi connectivity index (χ0n) is 10.8. The molecule has 19 heavy (non-hydrogen) atoms. The van der Waals surface area contributed by atoms with Crippen molar-refractivity contribution < 1.29 is 9.21 Å². The number of hydrogen-bond acceptors (Lipinski definition) is 2. The van der Waals surface area contributed by atoms with Gasteiger partial charge in [0.25, 0.3) is 0 Å². The fourth-order valence-corrected chi connectivity index (χ4v) is 3.38. The van der Waals surface area contributed by atoms with Crippen LogP contribution in [-0.4, -0.2) is 5.78 Å².